The van der Waals surface area contributed by atoms with Gasteiger partial charge in [-0.2, -0.15) is 10.0 Å². The normalized spacial score (nSPS) is 17.9. The molecule has 142 valence electrons. The predicted molar refractivity (Wildman–Crippen MR) is 119 cm³/mol. The van der Waals surface area contributed by atoms with E-state index >= 15 is 0 Å². The number of hydrogen-bond acceptors (Lipinski definition) is 5. The van der Waals surface area contributed by atoms with Crippen LogP contribution in [0.1, 0.15) is 22.5 Å². The fourth-order valence-electron chi connectivity index (χ4n) is 3.31. The Kier molecular flexibility index (Phi) is 4.76. The van der Waals surface area contributed by atoms with Gasteiger partial charge in [0.05, 0.1) is 5.57 Å². The number of rotatable bonds is 2. The highest BCUT2D eigenvalue weighted by Crippen LogP contribution is 2.32. The molecule has 0 unspecified atom stereocenters. The summed E-state index contributed by atoms with van der Waals surface area (Å²) in [6, 6.07) is 10.3. The molecule has 1 aromatic carbocycles. The number of amides is 1. The van der Waals surface area contributed by atoms with E-state index in [9.17, 15) is 4.79 Å². The Bertz CT molecular complexity index is 1110. The lowest BCUT2D eigenvalue weighted by Crippen LogP contribution is -2.35. The molecule has 0 spiro atoms. The van der Waals surface area contributed by atoms with Crippen LogP contribution in [-0.2, 0) is 4.79 Å². The number of aliphatic imine (C=N–C) groups is 1. The van der Waals surface area contributed by atoms with Gasteiger partial charge in [0.25, 0.3) is 5.91 Å². The molecule has 0 saturated carbocycles. The number of carbonyl (C=O) groups is 1. The summed E-state index contributed by atoms with van der Waals surface area (Å²) < 4.78 is 2.93. The number of hydrazone groups is 1. The van der Waals surface area contributed by atoms with E-state index in [0.29, 0.717) is 5.17 Å². The van der Waals surface area contributed by atoms with Crippen LogP contribution in [0.25, 0.3) is 11.8 Å². The van der Waals surface area contributed by atoms with Gasteiger partial charge in [0.1, 0.15) is 0 Å². The van der Waals surface area contributed by atoms with Gasteiger partial charge in [0.15, 0.2) is 10.2 Å². The number of carbonyl (C=O) groups excluding carboxylic acids is 1. The standard InChI is InChI=1S/C20H19N5OS2/c1-11-6-5-7-15(8-11)24-12(2)9-14(13(24)3)10-16-17(21)25-19(22-18(16)26)28-20(23-25)27-4/h5-10,21H,1-4H3. The maximum Gasteiger partial charge on any atom is 0.283 e. The molecule has 0 aliphatic carbocycles. The Balaban J connectivity index is 1.76. The van der Waals surface area contributed by atoms with Crippen LogP contribution in [0.2, 0.25) is 0 Å². The van der Waals surface area contributed by atoms with Gasteiger partial charge in [-0.3, -0.25) is 10.2 Å². The summed E-state index contributed by atoms with van der Waals surface area (Å²) in [6.07, 6.45) is 3.66. The van der Waals surface area contributed by atoms with Crippen LogP contribution in [0.4, 0.5) is 0 Å². The van der Waals surface area contributed by atoms with E-state index in [1.807, 2.05) is 32.2 Å². The molecule has 28 heavy (non-hydrogen) atoms. The molecular formula is C20H19N5OS2. The van der Waals surface area contributed by atoms with Gasteiger partial charge in [-0.25, -0.2) is 0 Å². The van der Waals surface area contributed by atoms with Crippen molar-refractivity contribution in [2.45, 2.75) is 20.8 Å². The van der Waals surface area contributed by atoms with Crippen LogP contribution >= 0.6 is 23.5 Å². The number of fused-ring (bicyclic) bond motifs is 1. The van der Waals surface area contributed by atoms with Crippen LogP contribution in [-0.4, -0.2) is 37.1 Å². The third-order valence-electron chi connectivity index (χ3n) is 4.64. The van der Waals surface area contributed by atoms with Gasteiger partial charge < -0.3 is 4.57 Å². The number of nitrogens with one attached hydrogen (secondary N) is 1. The van der Waals surface area contributed by atoms with Crippen molar-refractivity contribution in [3.63, 3.8) is 0 Å². The number of thioether (sulfide) groups is 2. The molecular weight excluding hydrogens is 390 g/mol. The van der Waals surface area contributed by atoms with Crippen molar-refractivity contribution in [2.24, 2.45) is 10.1 Å². The molecule has 2 aromatic rings. The maximum absolute atomic E-state index is 12.6. The predicted octanol–water partition coefficient (Wildman–Crippen LogP) is 4.34. The average Bonchev–Trinajstić information content (AvgIpc) is 3.19. The van der Waals surface area contributed by atoms with Crippen molar-refractivity contribution >= 4 is 50.9 Å². The van der Waals surface area contributed by atoms with Crippen LogP contribution < -0.4 is 0 Å². The van der Waals surface area contributed by atoms with Crippen molar-refractivity contribution in [2.75, 3.05) is 6.26 Å². The first kappa shape index (κ1) is 18.8. The summed E-state index contributed by atoms with van der Waals surface area (Å²) in [5.41, 5.74) is 5.48. The minimum absolute atomic E-state index is 0.0620. The molecule has 1 amide bonds. The van der Waals surface area contributed by atoms with Crippen molar-refractivity contribution in [1.82, 2.24) is 9.58 Å². The fraction of sp³-hybridized carbons (Fsp3) is 0.200. The minimum atomic E-state index is -0.401. The smallest absolute Gasteiger partial charge is 0.283 e. The van der Waals surface area contributed by atoms with Crippen LogP contribution in [0.5, 0.6) is 0 Å². The molecule has 3 heterocycles. The Morgan fingerprint density at radius 2 is 2.00 bits per heavy atom. The first-order valence-corrected chi connectivity index (χ1v) is 10.7. The highest BCUT2D eigenvalue weighted by molar-refractivity contribution is 8.45. The van der Waals surface area contributed by atoms with E-state index in [0.717, 1.165) is 27.0 Å². The van der Waals surface area contributed by atoms with E-state index < -0.39 is 5.91 Å². The van der Waals surface area contributed by atoms with Gasteiger partial charge in [0, 0.05) is 17.1 Å². The van der Waals surface area contributed by atoms with E-state index in [4.69, 9.17) is 5.41 Å². The molecule has 0 atom stereocenters. The van der Waals surface area contributed by atoms with Crippen molar-refractivity contribution in [3.8, 4) is 5.69 Å². The van der Waals surface area contributed by atoms with E-state index in [1.54, 1.807) is 6.08 Å². The first-order valence-electron chi connectivity index (χ1n) is 8.69. The SMILES string of the molecule is CSC1=NN2C(=N)C(=Cc3cc(C)n(-c4cccc(C)c4)c3C)C(=O)N=C2S1. The number of aryl methyl sites for hydroxylation is 2. The molecule has 0 saturated heterocycles. The maximum atomic E-state index is 12.6. The zero-order chi connectivity index (χ0) is 20.0. The Labute approximate surface area is 171 Å². The zero-order valence-electron chi connectivity index (χ0n) is 16.0. The summed E-state index contributed by atoms with van der Waals surface area (Å²) in [5, 5.41) is 14.7. The van der Waals surface area contributed by atoms with Crippen molar-refractivity contribution < 1.29 is 4.79 Å². The Morgan fingerprint density at radius 1 is 1.21 bits per heavy atom. The number of benzene rings is 1. The fourth-order valence-corrected chi connectivity index (χ4v) is 4.66. The zero-order valence-corrected chi connectivity index (χ0v) is 17.6. The van der Waals surface area contributed by atoms with E-state index in [-0.39, 0.29) is 11.4 Å². The highest BCUT2D eigenvalue weighted by atomic mass is 32.2. The summed E-state index contributed by atoms with van der Waals surface area (Å²) in [6.45, 7) is 6.12. The number of nitrogens with zero attached hydrogens (tertiary/aromatic N) is 4. The molecule has 0 bridgehead atoms. The minimum Gasteiger partial charge on any atom is -0.318 e. The second-order valence-corrected chi connectivity index (χ2v) is 8.60. The van der Waals surface area contributed by atoms with Crippen LogP contribution in [0.15, 0.2) is 46.0 Å². The topological polar surface area (TPSA) is 73.8 Å². The highest BCUT2D eigenvalue weighted by Gasteiger charge is 2.35. The van der Waals surface area contributed by atoms with Gasteiger partial charge in [0.2, 0.25) is 5.17 Å². The second-order valence-electron chi connectivity index (χ2n) is 6.59. The Morgan fingerprint density at radius 3 is 2.71 bits per heavy atom. The summed E-state index contributed by atoms with van der Waals surface area (Å²) in [5.74, 6) is -0.339. The third-order valence-corrected chi connectivity index (χ3v) is 6.52. The molecule has 0 radical (unpaired) electrons. The molecule has 1 aromatic heterocycles. The van der Waals surface area contributed by atoms with E-state index in [1.165, 1.54) is 34.1 Å². The van der Waals surface area contributed by atoms with Crippen molar-refractivity contribution in [3.05, 3.63) is 58.4 Å². The van der Waals surface area contributed by atoms with Gasteiger partial charge in [-0.05, 0) is 74.2 Å². The molecule has 0 fully saturated rings. The molecule has 2 aliphatic rings. The number of hydrogen-bond donors (Lipinski definition) is 1. The Hall–Kier alpha value is -2.58. The molecule has 2 aliphatic heterocycles. The summed E-state index contributed by atoms with van der Waals surface area (Å²) in [4.78, 5) is 16.7. The third kappa shape index (κ3) is 3.12. The monoisotopic (exact) mass is 409 g/mol. The summed E-state index contributed by atoms with van der Waals surface area (Å²) in [7, 11) is 0. The lowest BCUT2D eigenvalue weighted by atomic mass is 10.1. The van der Waals surface area contributed by atoms with E-state index in [2.05, 4.69) is 39.8 Å². The molecule has 6 nitrogen and oxygen atoms in total. The average molecular weight is 410 g/mol. The van der Waals surface area contributed by atoms with Crippen LogP contribution in [0, 0.1) is 26.2 Å². The number of aromatic nitrogens is 1. The molecule has 8 heteroatoms. The van der Waals surface area contributed by atoms with Gasteiger partial charge >= 0.3 is 0 Å². The quantitative estimate of drug-likeness (QED) is 0.749. The number of amidine groups is 2. The summed E-state index contributed by atoms with van der Waals surface area (Å²) >= 11 is 2.79. The largest absolute Gasteiger partial charge is 0.318 e. The second kappa shape index (κ2) is 7.10. The first-order chi connectivity index (χ1) is 13.4. The van der Waals surface area contributed by atoms with Gasteiger partial charge in [-0.1, -0.05) is 12.1 Å². The lowest BCUT2D eigenvalue weighted by Gasteiger charge is -2.20. The molecule has 4 rings (SSSR count). The lowest BCUT2D eigenvalue weighted by molar-refractivity contribution is -0.114. The van der Waals surface area contributed by atoms with Crippen LogP contribution in [0.3, 0.4) is 0 Å². The van der Waals surface area contributed by atoms with Crippen molar-refractivity contribution in [1.29, 1.82) is 5.41 Å². The molecule has 1 N–H and O–H groups in total. The van der Waals surface area contributed by atoms with Gasteiger partial charge in [-0.15, -0.1) is 16.9 Å².